The first-order chi connectivity index (χ1) is 8.35. The molecule has 2 rings (SSSR count). The van der Waals surface area contributed by atoms with E-state index in [-0.39, 0.29) is 6.61 Å². The van der Waals surface area contributed by atoms with Crippen LogP contribution in [0.2, 0.25) is 0 Å². The van der Waals surface area contributed by atoms with Gasteiger partial charge in [-0.25, -0.2) is 4.68 Å². The standard InChI is InChI=1S/C12H15N3O2/c1-17-11-5-2-4-10(8-11)12-9-13-14-15(12)6-3-7-16/h2,4-5,8-9,16H,3,6-7H2,1H3. The Balaban J connectivity index is 2.28. The molecule has 1 heterocycles. The zero-order valence-electron chi connectivity index (χ0n) is 9.71. The maximum Gasteiger partial charge on any atom is 0.119 e. The monoisotopic (exact) mass is 233 g/mol. The molecule has 5 heteroatoms. The molecule has 5 nitrogen and oxygen atoms in total. The summed E-state index contributed by atoms with van der Waals surface area (Å²) in [4.78, 5) is 0. The van der Waals surface area contributed by atoms with Crippen LogP contribution in [0.25, 0.3) is 11.3 Å². The molecule has 0 atom stereocenters. The van der Waals surface area contributed by atoms with Crippen molar-refractivity contribution in [2.75, 3.05) is 13.7 Å². The molecule has 0 aliphatic carbocycles. The molecule has 1 aromatic heterocycles. The molecule has 0 saturated heterocycles. The number of nitrogens with zero attached hydrogens (tertiary/aromatic N) is 3. The molecule has 17 heavy (non-hydrogen) atoms. The van der Waals surface area contributed by atoms with Crippen LogP contribution in [0.1, 0.15) is 6.42 Å². The third-order valence-corrected chi connectivity index (χ3v) is 2.51. The second-order valence-corrected chi connectivity index (χ2v) is 3.65. The lowest BCUT2D eigenvalue weighted by atomic mass is 10.1. The predicted molar refractivity (Wildman–Crippen MR) is 63.7 cm³/mol. The first-order valence-corrected chi connectivity index (χ1v) is 5.49. The van der Waals surface area contributed by atoms with Crippen LogP contribution in [-0.2, 0) is 6.54 Å². The molecular weight excluding hydrogens is 218 g/mol. The Labute approximate surface area is 99.7 Å². The maximum absolute atomic E-state index is 8.83. The highest BCUT2D eigenvalue weighted by Crippen LogP contribution is 2.22. The van der Waals surface area contributed by atoms with E-state index < -0.39 is 0 Å². The number of benzene rings is 1. The minimum absolute atomic E-state index is 0.150. The van der Waals surface area contributed by atoms with E-state index in [1.807, 2.05) is 24.3 Å². The lowest BCUT2D eigenvalue weighted by Gasteiger charge is -2.06. The number of aryl methyl sites for hydroxylation is 1. The number of hydrogen-bond acceptors (Lipinski definition) is 4. The molecule has 0 spiro atoms. The average molecular weight is 233 g/mol. The van der Waals surface area contributed by atoms with Crippen LogP contribution >= 0.6 is 0 Å². The zero-order chi connectivity index (χ0) is 12.1. The van der Waals surface area contributed by atoms with Gasteiger partial charge in [0, 0.05) is 18.7 Å². The summed E-state index contributed by atoms with van der Waals surface area (Å²) >= 11 is 0. The normalized spacial score (nSPS) is 10.5. The summed E-state index contributed by atoms with van der Waals surface area (Å²) in [5, 5.41) is 16.7. The van der Waals surface area contributed by atoms with Gasteiger partial charge in [-0.2, -0.15) is 0 Å². The topological polar surface area (TPSA) is 60.2 Å². The summed E-state index contributed by atoms with van der Waals surface area (Å²) in [5.74, 6) is 0.803. The van der Waals surface area contributed by atoms with Gasteiger partial charge in [-0.1, -0.05) is 17.3 Å². The molecule has 0 aliphatic heterocycles. The lowest BCUT2D eigenvalue weighted by Crippen LogP contribution is -2.04. The van der Waals surface area contributed by atoms with Crippen LogP contribution in [-0.4, -0.2) is 33.8 Å². The molecule has 1 aromatic carbocycles. The van der Waals surface area contributed by atoms with Gasteiger partial charge < -0.3 is 9.84 Å². The van der Waals surface area contributed by atoms with E-state index in [1.165, 1.54) is 0 Å². The van der Waals surface area contributed by atoms with Crippen molar-refractivity contribution in [3.8, 4) is 17.0 Å². The molecule has 0 unspecified atom stereocenters. The molecule has 2 aromatic rings. The van der Waals surface area contributed by atoms with Gasteiger partial charge in [0.2, 0.25) is 0 Å². The van der Waals surface area contributed by atoms with Crippen LogP contribution in [0.5, 0.6) is 5.75 Å². The van der Waals surface area contributed by atoms with Crippen LogP contribution in [0.4, 0.5) is 0 Å². The van der Waals surface area contributed by atoms with Crippen molar-refractivity contribution in [3.63, 3.8) is 0 Å². The quantitative estimate of drug-likeness (QED) is 0.846. The van der Waals surface area contributed by atoms with Crippen molar-refractivity contribution in [1.29, 1.82) is 0 Å². The first-order valence-electron chi connectivity index (χ1n) is 5.49. The van der Waals surface area contributed by atoms with Crippen molar-refractivity contribution in [2.24, 2.45) is 0 Å². The Morgan fingerprint density at radius 3 is 3.06 bits per heavy atom. The molecule has 0 aliphatic rings. The van der Waals surface area contributed by atoms with E-state index in [2.05, 4.69) is 10.3 Å². The minimum atomic E-state index is 0.150. The number of aromatic nitrogens is 3. The molecule has 0 saturated carbocycles. The summed E-state index contributed by atoms with van der Waals surface area (Å²) in [7, 11) is 1.64. The Morgan fingerprint density at radius 2 is 2.29 bits per heavy atom. The summed E-state index contributed by atoms with van der Waals surface area (Å²) in [6.45, 7) is 0.806. The molecule has 0 fully saturated rings. The van der Waals surface area contributed by atoms with Gasteiger partial charge in [0.05, 0.1) is 19.0 Å². The van der Waals surface area contributed by atoms with Crippen LogP contribution in [0, 0.1) is 0 Å². The van der Waals surface area contributed by atoms with Gasteiger partial charge in [0.15, 0.2) is 0 Å². The SMILES string of the molecule is COc1cccc(-c2cnnn2CCCO)c1. The van der Waals surface area contributed by atoms with Crippen molar-refractivity contribution < 1.29 is 9.84 Å². The minimum Gasteiger partial charge on any atom is -0.497 e. The predicted octanol–water partition coefficient (Wildman–Crippen LogP) is 1.34. The summed E-state index contributed by atoms with van der Waals surface area (Å²) in [6.07, 6.45) is 2.38. The van der Waals surface area contributed by atoms with Gasteiger partial charge >= 0.3 is 0 Å². The largest absolute Gasteiger partial charge is 0.497 e. The Kier molecular flexibility index (Phi) is 3.72. The highest BCUT2D eigenvalue weighted by molar-refractivity contribution is 5.60. The fraction of sp³-hybridized carbons (Fsp3) is 0.333. The van der Waals surface area contributed by atoms with E-state index in [1.54, 1.807) is 18.0 Å². The van der Waals surface area contributed by atoms with Gasteiger partial charge in [0.25, 0.3) is 0 Å². The second-order valence-electron chi connectivity index (χ2n) is 3.65. The van der Waals surface area contributed by atoms with E-state index >= 15 is 0 Å². The molecule has 0 amide bonds. The number of methoxy groups -OCH3 is 1. The fourth-order valence-electron chi connectivity index (χ4n) is 1.65. The zero-order valence-corrected chi connectivity index (χ0v) is 9.71. The maximum atomic E-state index is 8.83. The average Bonchev–Trinajstić information content (AvgIpc) is 2.84. The summed E-state index contributed by atoms with van der Waals surface area (Å²) in [6, 6.07) is 7.74. The third kappa shape index (κ3) is 2.62. The number of rotatable bonds is 5. The van der Waals surface area contributed by atoms with Gasteiger partial charge in [-0.15, -0.1) is 5.10 Å². The summed E-state index contributed by atoms with van der Waals surface area (Å²) in [5.41, 5.74) is 1.93. The van der Waals surface area contributed by atoms with Gasteiger partial charge in [-0.05, 0) is 18.6 Å². The van der Waals surface area contributed by atoms with Crippen molar-refractivity contribution in [2.45, 2.75) is 13.0 Å². The Hall–Kier alpha value is -1.88. The Morgan fingerprint density at radius 1 is 1.41 bits per heavy atom. The lowest BCUT2D eigenvalue weighted by molar-refractivity contribution is 0.276. The smallest absolute Gasteiger partial charge is 0.119 e. The van der Waals surface area contributed by atoms with Crippen LogP contribution < -0.4 is 4.74 Å². The van der Waals surface area contributed by atoms with Crippen molar-refractivity contribution >= 4 is 0 Å². The second kappa shape index (κ2) is 5.45. The fourth-order valence-corrected chi connectivity index (χ4v) is 1.65. The Bertz CT molecular complexity index is 482. The highest BCUT2D eigenvalue weighted by Gasteiger charge is 2.07. The van der Waals surface area contributed by atoms with Gasteiger partial charge in [-0.3, -0.25) is 0 Å². The van der Waals surface area contributed by atoms with E-state index in [0.717, 1.165) is 17.0 Å². The highest BCUT2D eigenvalue weighted by atomic mass is 16.5. The van der Waals surface area contributed by atoms with Gasteiger partial charge in [0.1, 0.15) is 5.75 Å². The number of aliphatic hydroxyl groups is 1. The van der Waals surface area contributed by atoms with Crippen LogP contribution in [0.3, 0.4) is 0 Å². The third-order valence-electron chi connectivity index (χ3n) is 2.51. The first kappa shape index (κ1) is 11.6. The van der Waals surface area contributed by atoms with E-state index in [0.29, 0.717) is 13.0 Å². The number of hydrogen-bond donors (Lipinski definition) is 1. The molecule has 90 valence electrons. The number of aliphatic hydroxyl groups excluding tert-OH is 1. The molecular formula is C12H15N3O2. The number of ether oxygens (including phenoxy) is 1. The van der Waals surface area contributed by atoms with Crippen molar-refractivity contribution in [3.05, 3.63) is 30.5 Å². The molecule has 0 bridgehead atoms. The summed E-state index contributed by atoms with van der Waals surface area (Å²) < 4.78 is 6.97. The molecule has 1 N–H and O–H groups in total. The van der Waals surface area contributed by atoms with E-state index in [9.17, 15) is 0 Å². The van der Waals surface area contributed by atoms with Crippen molar-refractivity contribution in [1.82, 2.24) is 15.0 Å². The molecule has 0 radical (unpaired) electrons. The van der Waals surface area contributed by atoms with E-state index in [4.69, 9.17) is 9.84 Å². The van der Waals surface area contributed by atoms with Crippen LogP contribution in [0.15, 0.2) is 30.5 Å².